The number of aromatic hydroxyl groups is 1. The third-order valence-corrected chi connectivity index (χ3v) is 3.72. The molecule has 0 heterocycles. The predicted molar refractivity (Wildman–Crippen MR) is 76.2 cm³/mol. The summed E-state index contributed by atoms with van der Waals surface area (Å²) in [6.07, 6.45) is 3.36. The van der Waals surface area contributed by atoms with Gasteiger partial charge in [-0.1, -0.05) is 12.1 Å². The average Bonchev–Trinajstić information content (AvgIpc) is 2.41. The Morgan fingerprint density at radius 2 is 2.05 bits per heavy atom. The molecule has 1 fully saturated rings. The number of carbonyl (C=O) groups is 1. The topological polar surface area (TPSA) is 95.6 Å². The molecule has 0 spiro atoms. The highest BCUT2D eigenvalue weighted by Crippen LogP contribution is 2.18. The Labute approximate surface area is 118 Å². The maximum atomic E-state index is 12.0. The van der Waals surface area contributed by atoms with Crippen molar-refractivity contribution in [2.45, 2.75) is 50.3 Å². The highest BCUT2D eigenvalue weighted by atomic mass is 16.3. The highest BCUT2D eigenvalue weighted by Gasteiger charge is 2.23. The average molecular weight is 278 g/mol. The van der Waals surface area contributed by atoms with Gasteiger partial charge in [0.15, 0.2) is 0 Å². The van der Waals surface area contributed by atoms with Crippen LogP contribution < -0.4 is 11.1 Å². The Bertz CT molecular complexity index is 447. The third-order valence-electron chi connectivity index (χ3n) is 3.72. The van der Waals surface area contributed by atoms with Crippen molar-refractivity contribution in [2.75, 3.05) is 0 Å². The molecule has 5 heteroatoms. The van der Waals surface area contributed by atoms with Crippen molar-refractivity contribution in [3.63, 3.8) is 0 Å². The Morgan fingerprint density at radius 1 is 1.35 bits per heavy atom. The molecule has 1 aromatic rings. The van der Waals surface area contributed by atoms with Crippen molar-refractivity contribution in [3.8, 4) is 5.75 Å². The van der Waals surface area contributed by atoms with Crippen LogP contribution in [0.3, 0.4) is 0 Å². The number of nitrogens with two attached hydrogens (primary N) is 1. The molecule has 1 aromatic carbocycles. The van der Waals surface area contributed by atoms with Gasteiger partial charge in [-0.2, -0.15) is 0 Å². The lowest BCUT2D eigenvalue weighted by molar-refractivity contribution is -0.123. The van der Waals surface area contributed by atoms with Crippen LogP contribution in [-0.2, 0) is 11.2 Å². The van der Waals surface area contributed by atoms with Gasteiger partial charge >= 0.3 is 0 Å². The zero-order valence-corrected chi connectivity index (χ0v) is 11.5. The molecule has 0 saturated heterocycles. The predicted octanol–water partition coefficient (Wildman–Crippen LogP) is 0.682. The highest BCUT2D eigenvalue weighted by molar-refractivity contribution is 5.82. The van der Waals surface area contributed by atoms with Crippen molar-refractivity contribution in [1.82, 2.24) is 5.32 Å². The molecule has 0 bridgehead atoms. The van der Waals surface area contributed by atoms with E-state index in [-0.39, 0.29) is 23.8 Å². The van der Waals surface area contributed by atoms with Crippen LogP contribution >= 0.6 is 0 Å². The molecule has 1 amide bonds. The minimum atomic E-state index is -0.612. The summed E-state index contributed by atoms with van der Waals surface area (Å²) in [6, 6.07) is 6.09. The molecule has 0 aliphatic heterocycles. The summed E-state index contributed by atoms with van der Waals surface area (Å²) >= 11 is 0. The summed E-state index contributed by atoms with van der Waals surface area (Å²) in [7, 11) is 0. The maximum absolute atomic E-state index is 12.0. The standard InChI is InChI=1S/C15H22N2O3/c16-14(8-10-4-6-12(18)7-5-10)15(20)17-11-2-1-3-13(19)9-11/h4-7,11,13-14,18-19H,1-3,8-9,16H2,(H,17,20). The SMILES string of the molecule is NC(Cc1ccc(O)cc1)C(=O)NC1CCCC(O)C1. The largest absolute Gasteiger partial charge is 0.508 e. The van der Waals surface area contributed by atoms with Gasteiger partial charge < -0.3 is 21.3 Å². The molecule has 1 aliphatic rings. The molecule has 5 nitrogen and oxygen atoms in total. The van der Waals surface area contributed by atoms with E-state index in [1.807, 2.05) is 0 Å². The van der Waals surface area contributed by atoms with Crippen LogP contribution in [-0.4, -0.2) is 34.3 Å². The number of amides is 1. The van der Waals surface area contributed by atoms with Gasteiger partial charge in [-0.15, -0.1) is 0 Å². The number of rotatable bonds is 4. The molecule has 1 aliphatic carbocycles. The van der Waals surface area contributed by atoms with Gasteiger partial charge in [-0.05, 0) is 49.8 Å². The van der Waals surface area contributed by atoms with Crippen molar-refractivity contribution in [1.29, 1.82) is 0 Å². The number of phenols is 1. The van der Waals surface area contributed by atoms with Gasteiger partial charge in [0.05, 0.1) is 12.1 Å². The fourth-order valence-corrected chi connectivity index (χ4v) is 2.58. The molecular formula is C15H22N2O3. The minimum absolute atomic E-state index is 0.0251. The quantitative estimate of drug-likeness (QED) is 0.651. The number of aliphatic hydroxyl groups is 1. The molecule has 2 rings (SSSR count). The number of nitrogens with one attached hydrogen (secondary N) is 1. The first-order chi connectivity index (χ1) is 9.54. The van der Waals surface area contributed by atoms with E-state index >= 15 is 0 Å². The Balaban J connectivity index is 1.83. The van der Waals surface area contributed by atoms with Crippen LogP contribution in [0.1, 0.15) is 31.2 Å². The molecule has 1 saturated carbocycles. The van der Waals surface area contributed by atoms with Gasteiger partial charge in [0.2, 0.25) is 5.91 Å². The van der Waals surface area contributed by atoms with Gasteiger partial charge in [-0.3, -0.25) is 4.79 Å². The third kappa shape index (κ3) is 4.21. The summed E-state index contributed by atoms with van der Waals surface area (Å²) < 4.78 is 0. The number of aliphatic hydroxyl groups excluding tert-OH is 1. The van der Waals surface area contributed by atoms with Crippen LogP contribution in [0.4, 0.5) is 0 Å². The van der Waals surface area contributed by atoms with E-state index in [2.05, 4.69) is 5.32 Å². The lowest BCUT2D eigenvalue weighted by atomic mass is 9.92. The van der Waals surface area contributed by atoms with Crippen molar-refractivity contribution >= 4 is 5.91 Å². The van der Waals surface area contributed by atoms with Crippen LogP contribution in [0.15, 0.2) is 24.3 Å². The zero-order chi connectivity index (χ0) is 14.5. The monoisotopic (exact) mass is 278 g/mol. The van der Waals surface area contributed by atoms with Crippen molar-refractivity contribution in [3.05, 3.63) is 29.8 Å². The molecule has 5 N–H and O–H groups in total. The Hall–Kier alpha value is -1.59. The number of phenolic OH excluding ortho intramolecular Hbond substituents is 1. The molecule has 110 valence electrons. The van der Waals surface area contributed by atoms with Gasteiger partial charge in [0.25, 0.3) is 0 Å². The second-order valence-corrected chi connectivity index (χ2v) is 5.50. The summed E-state index contributed by atoms with van der Waals surface area (Å²) in [4.78, 5) is 12.0. The Morgan fingerprint density at radius 3 is 2.70 bits per heavy atom. The smallest absolute Gasteiger partial charge is 0.237 e. The summed E-state index contributed by atoms with van der Waals surface area (Å²) in [5, 5.41) is 21.7. The van der Waals surface area contributed by atoms with E-state index in [4.69, 9.17) is 5.73 Å². The van der Waals surface area contributed by atoms with Crippen LogP contribution in [0.25, 0.3) is 0 Å². The van der Waals surface area contributed by atoms with Crippen LogP contribution in [0.5, 0.6) is 5.75 Å². The van der Waals surface area contributed by atoms with E-state index in [0.29, 0.717) is 12.8 Å². The van der Waals surface area contributed by atoms with Crippen molar-refractivity contribution < 1.29 is 15.0 Å². The first-order valence-corrected chi connectivity index (χ1v) is 7.06. The Kier molecular flexibility index (Phi) is 4.98. The maximum Gasteiger partial charge on any atom is 0.237 e. The molecule has 3 unspecified atom stereocenters. The lowest BCUT2D eigenvalue weighted by Crippen LogP contribution is -2.48. The van der Waals surface area contributed by atoms with Crippen molar-refractivity contribution in [2.24, 2.45) is 5.73 Å². The first-order valence-electron chi connectivity index (χ1n) is 7.06. The van der Waals surface area contributed by atoms with E-state index in [1.54, 1.807) is 24.3 Å². The zero-order valence-electron chi connectivity index (χ0n) is 11.5. The summed E-state index contributed by atoms with van der Waals surface area (Å²) in [5.41, 5.74) is 6.81. The van der Waals surface area contributed by atoms with Gasteiger partial charge in [0.1, 0.15) is 5.75 Å². The number of hydrogen-bond acceptors (Lipinski definition) is 4. The number of hydrogen-bond donors (Lipinski definition) is 4. The summed E-state index contributed by atoms with van der Waals surface area (Å²) in [6.45, 7) is 0. The molecule has 0 aromatic heterocycles. The lowest BCUT2D eigenvalue weighted by Gasteiger charge is -2.27. The molecular weight excluding hydrogens is 256 g/mol. The van der Waals surface area contributed by atoms with Crippen LogP contribution in [0, 0.1) is 0 Å². The number of benzene rings is 1. The number of carbonyl (C=O) groups excluding carboxylic acids is 1. The normalized spacial score (nSPS) is 24.1. The molecule has 20 heavy (non-hydrogen) atoms. The summed E-state index contributed by atoms with van der Waals surface area (Å²) in [5.74, 6) is 0.0140. The second-order valence-electron chi connectivity index (χ2n) is 5.50. The fraction of sp³-hybridized carbons (Fsp3) is 0.533. The second kappa shape index (κ2) is 6.72. The minimum Gasteiger partial charge on any atom is -0.508 e. The van der Waals surface area contributed by atoms with E-state index < -0.39 is 6.04 Å². The fourth-order valence-electron chi connectivity index (χ4n) is 2.58. The molecule has 3 atom stereocenters. The first kappa shape index (κ1) is 14.8. The van der Waals surface area contributed by atoms with Gasteiger partial charge in [0, 0.05) is 6.04 Å². The van der Waals surface area contributed by atoms with Gasteiger partial charge in [-0.25, -0.2) is 0 Å². The van der Waals surface area contributed by atoms with E-state index in [9.17, 15) is 15.0 Å². The van der Waals surface area contributed by atoms with Crippen LogP contribution in [0.2, 0.25) is 0 Å². The molecule has 0 radical (unpaired) electrons. The van der Waals surface area contributed by atoms with E-state index in [1.165, 1.54) is 0 Å². The van der Waals surface area contributed by atoms with E-state index in [0.717, 1.165) is 24.8 Å².